The minimum atomic E-state index is -0.584. The normalized spacial score (nSPS) is 25.3. The number of hydrogen-bond donors (Lipinski definition) is 2. The van der Waals surface area contributed by atoms with Crippen molar-refractivity contribution in [1.29, 1.82) is 0 Å². The Labute approximate surface area is 140 Å². The standard InChI is InChI=1S/C17H33N5O/c1-6-19-15(20-12-13-11-16(13,2)3)21-7-9-22(10-8-21)17(4,5)14(18)23/h13H,6-12H2,1-5H3,(H2,18,23)(H,19,20). The number of carbonyl (C=O) groups excluding carboxylic acids is 1. The summed E-state index contributed by atoms with van der Waals surface area (Å²) in [5.74, 6) is 1.46. The third-order valence-electron chi connectivity index (χ3n) is 5.49. The van der Waals surface area contributed by atoms with E-state index < -0.39 is 5.54 Å². The Hall–Kier alpha value is -1.30. The van der Waals surface area contributed by atoms with Gasteiger partial charge in [-0.2, -0.15) is 0 Å². The van der Waals surface area contributed by atoms with Crippen molar-refractivity contribution in [1.82, 2.24) is 15.1 Å². The zero-order valence-corrected chi connectivity index (χ0v) is 15.4. The Balaban J connectivity index is 1.92. The summed E-state index contributed by atoms with van der Waals surface area (Å²) in [5, 5.41) is 3.40. The van der Waals surface area contributed by atoms with Crippen molar-refractivity contribution in [2.75, 3.05) is 39.3 Å². The van der Waals surface area contributed by atoms with Crippen LogP contribution >= 0.6 is 0 Å². The van der Waals surface area contributed by atoms with E-state index in [1.165, 1.54) is 6.42 Å². The maximum atomic E-state index is 11.6. The van der Waals surface area contributed by atoms with Gasteiger partial charge in [-0.05, 0) is 38.5 Å². The molecule has 0 radical (unpaired) electrons. The molecule has 0 bridgehead atoms. The van der Waals surface area contributed by atoms with Crippen LogP contribution < -0.4 is 11.1 Å². The van der Waals surface area contributed by atoms with Gasteiger partial charge >= 0.3 is 0 Å². The van der Waals surface area contributed by atoms with Crippen LogP contribution in [0.3, 0.4) is 0 Å². The number of carbonyl (C=O) groups is 1. The summed E-state index contributed by atoms with van der Waals surface area (Å²) in [5.41, 5.74) is 5.41. The van der Waals surface area contributed by atoms with Crippen molar-refractivity contribution < 1.29 is 4.79 Å². The van der Waals surface area contributed by atoms with Crippen LogP contribution in [0.1, 0.15) is 41.0 Å². The summed E-state index contributed by atoms with van der Waals surface area (Å²) in [6.45, 7) is 15.7. The maximum absolute atomic E-state index is 11.6. The summed E-state index contributed by atoms with van der Waals surface area (Å²) in [4.78, 5) is 20.9. The largest absolute Gasteiger partial charge is 0.368 e. The molecule has 2 aliphatic rings. The topological polar surface area (TPSA) is 74.0 Å². The molecule has 1 atom stereocenters. The van der Waals surface area contributed by atoms with Crippen LogP contribution in [0, 0.1) is 11.3 Å². The molecular weight excluding hydrogens is 290 g/mol. The molecule has 3 N–H and O–H groups in total. The highest BCUT2D eigenvalue weighted by molar-refractivity contribution is 5.84. The molecule has 1 amide bonds. The predicted octanol–water partition coefficient (Wildman–Crippen LogP) is 0.880. The number of amides is 1. The molecule has 1 saturated heterocycles. The Bertz CT molecular complexity index is 464. The number of guanidine groups is 1. The first-order chi connectivity index (χ1) is 10.7. The molecule has 0 spiro atoms. The Morgan fingerprint density at radius 1 is 1.30 bits per heavy atom. The minimum Gasteiger partial charge on any atom is -0.368 e. The smallest absolute Gasteiger partial charge is 0.237 e. The molecule has 6 heteroatoms. The number of rotatable bonds is 5. The molecule has 1 saturated carbocycles. The van der Waals surface area contributed by atoms with Gasteiger partial charge in [-0.25, -0.2) is 0 Å². The first kappa shape index (κ1) is 18.0. The van der Waals surface area contributed by atoms with Gasteiger partial charge in [-0.15, -0.1) is 0 Å². The lowest BCUT2D eigenvalue weighted by Gasteiger charge is -2.43. The van der Waals surface area contributed by atoms with Crippen LogP contribution in [-0.2, 0) is 4.79 Å². The van der Waals surface area contributed by atoms with Crippen molar-refractivity contribution >= 4 is 11.9 Å². The molecule has 132 valence electrons. The molecule has 1 aliphatic carbocycles. The minimum absolute atomic E-state index is 0.262. The van der Waals surface area contributed by atoms with E-state index in [0.717, 1.165) is 45.2 Å². The Morgan fingerprint density at radius 2 is 1.87 bits per heavy atom. The number of aliphatic imine (C=N–C) groups is 1. The second kappa shape index (κ2) is 6.67. The molecule has 0 aromatic rings. The van der Waals surface area contributed by atoms with Crippen LogP contribution in [0.15, 0.2) is 4.99 Å². The summed E-state index contributed by atoms with van der Waals surface area (Å²) in [7, 11) is 0. The number of piperazine rings is 1. The Morgan fingerprint density at radius 3 is 2.30 bits per heavy atom. The van der Waals surface area contributed by atoms with Gasteiger partial charge in [-0.1, -0.05) is 13.8 Å². The van der Waals surface area contributed by atoms with Gasteiger partial charge in [0.1, 0.15) is 0 Å². The van der Waals surface area contributed by atoms with E-state index in [9.17, 15) is 4.79 Å². The number of primary amides is 1. The van der Waals surface area contributed by atoms with Gasteiger partial charge in [0.15, 0.2) is 5.96 Å². The fourth-order valence-corrected chi connectivity index (χ4v) is 3.14. The highest BCUT2D eigenvalue weighted by Crippen LogP contribution is 2.51. The highest BCUT2D eigenvalue weighted by atomic mass is 16.1. The van der Waals surface area contributed by atoms with Crippen molar-refractivity contribution in [2.45, 2.75) is 46.6 Å². The zero-order valence-electron chi connectivity index (χ0n) is 15.4. The Kier molecular flexibility index (Phi) is 5.23. The highest BCUT2D eigenvalue weighted by Gasteiger charge is 2.45. The SMILES string of the molecule is CCNC(=NCC1CC1(C)C)N1CCN(C(C)(C)C(N)=O)CC1. The fourth-order valence-electron chi connectivity index (χ4n) is 3.14. The molecule has 6 nitrogen and oxygen atoms in total. The van der Waals surface area contributed by atoms with E-state index in [1.807, 2.05) is 13.8 Å². The number of hydrogen-bond acceptors (Lipinski definition) is 3. The van der Waals surface area contributed by atoms with Gasteiger partial charge in [0.05, 0.1) is 5.54 Å². The van der Waals surface area contributed by atoms with Crippen molar-refractivity contribution in [3.05, 3.63) is 0 Å². The van der Waals surface area contributed by atoms with E-state index in [1.54, 1.807) is 0 Å². The molecule has 23 heavy (non-hydrogen) atoms. The molecule has 1 unspecified atom stereocenters. The van der Waals surface area contributed by atoms with Crippen molar-refractivity contribution in [3.63, 3.8) is 0 Å². The van der Waals surface area contributed by atoms with Crippen molar-refractivity contribution in [2.24, 2.45) is 22.1 Å². The van der Waals surface area contributed by atoms with Gasteiger partial charge in [0, 0.05) is 39.3 Å². The van der Waals surface area contributed by atoms with Crippen LogP contribution in [0.25, 0.3) is 0 Å². The second-order valence-corrected chi connectivity index (χ2v) is 7.98. The zero-order chi connectivity index (χ0) is 17.3. The average molecular weight is 323 g/mol. The van der Waals surface area contributed by atoms with Crippen molar-refractivity contribution in [3.8, 4) is 0 Å². The third-order valence-corrected chi connectivity index (χ3v) is 5.49. The lowest BCUT2D eigenvalue weighted by molar-refractivity contribution is -0.129. The predicted molar refractivity (Wildman–Crippen MR) is 94.3 cm³/mol. The maximum Gasteiger partial charge on any atom is 0.237 e. The van der Waals surface area contributed by atoms with Gasteiger partial charge in [-0.3, -0.25) is 14.7 Å². The molecule has 2 rings (SSSR count). The van der Waals surface area contributed by atoms with Crippen LogP contribution in [0.4, 0.5) is 0 Å². The van der Waals surface area contributed by atoms with E-state index in [0.29, 0.717) is 11.3 Å². The number of nitrogens with one attached hydrogen (secondary N) is 1. The molecule has 0 aromatic carbocycles. The molecule has 1 aliphatic heterocycles. The van der Waals surface area contributed by atoms with E-state index in [-0.39, 0.29) is 5.91 Å². The fraction of sp³-hybridized carbons (Fsp3) is 0.882. The second-order valence-electron chi connectivity index (χ2n) is 7.98. The summed E-state index contributed by atoms with van der Waals surface area (Å²) >= 11 is 0. The molecule has 1 heterocycles. The summed E-state index contributed by atoms with van der Waals surface area (Å²) < 4.78 is 0. The molecule has 0 aromatic heterocycles. The first-order valence-electron chi connectivity index (χ1n) is 8.76. The van der Waals surface area contributed by atoms with E-state index in [4.69, 9.17) is 10.7 Å². The quantitative estimate of drug-likeness (QED) is 0.582. The van der Waals surface area contributed by atoms with Crippen LogP contribution in [-0.4, -0.2) is 66.5 Å². The monoisotopic (exact) mass is 323 g/mol. The summed E-state index contributed by atoms with van der Waals surface area (Å²) in [6.07, 6.45) is 1.27. The van der Waals surface area contributed by atoms with E-state index in [2.05, 4.69) is 35.9 Å². The van der Waals surface area contributed by atoms with E-state index >= 15 is 0 Å². The average Bonchev–Trinajstić information content (AvgIpc) is 3.10. The molecule has 2 fully saturated rings. The van der Waals surface area contributed by atoms with Gasteiger partial charge in [0.25, 0.3) is 0 Å². The van der Waals surface area contributed by atoms with Gasteiger partial charge < -0.3 is 16.0 Å². The number of nitrogens with zero attached hydrogens (tertiary/aromatic N) is 3. The van der Waals surface area contributed by atoms with Gasteiger partial charge in [0.2, 0.25) is 5.91 Å². The number of nitrogens with two attached hydrogens (primary N) is 1. The third kappa shape index (κ3) is 4.16. The lowest BCUT2D eigenvalue weighted by Crippen LogP contribution is -2.61. The van der Waals surface area contributed by atoms with Crippen LogP contribution in [0.2, 0.25) is 0 Å². The van der Waals surface area contributed by atoms with Crippen LogP contribution in [0.5, 0.6) is 0 Å². The summed E-state index contributed by atoms with van der Waals surface area (Å²) in [6, 6.07) is 0. The lowest BCUT2D eigenvalue weighted by atomic mass is 10.0. The molecular formula is C17H33N5O. The first-order valence-corrected chi connectivity index (χ1v) is 8.76.